The van der Waals surface area contributed by atoms with Crippen LogP contribution in [0.5, 0.6) is 0 Å². The zero-order valence-electron chi connectivity index (χ0n) is 13.4. The van der Waals surface area contributed by atoms with Crippen LogP contribution in [0.1, 0.15) is 17.1 Å². The standard InChI is InChI=1S/C18H21N3OS/c1-12-6-7-14(22-12)10-13-11-15-16(20-8-9-23-2)4-3-5-17(15)21-18(13)19/h3-7,11,20H,8-10H2,1-2H3,(H2,19,21). The van der Waals surface area contributed by atoms with E-state index >= 15 is 0 Å². The van der Waals surface area contributed by atoms with Crippen molar-refractivity contribution in [1.29, 1.82) is 0 Å². The molecule has 0 aliphatic rings. The van der Waals surface area contributed by atoms with Crippen molar-refractivity contribution in [1.82, 2.24) is 4.98 Å². The predicted octanol–water partition coefficient (Wildman–Crippen LogP) is 4.08. The second-order valence-corrected chi connectivity index (χ2v) is 6.50. The first kappa shape index (κ1) is 15.7. The summed E-state index contributed by atoms with van der Waals surface area (Å²) in [4.78, 5) is 4.56. The molecule has 0 atom stereocenters. The lowest BCUT2D eigenvalue weighted by molar-refractivity contribution is 0.493. The summed E-state index contributed by atoms with van der Waals surface area (Å²) in [5.74, 6) is 3.44. The van der Waals surface area contributed by atoms with Crippen molar-refractivity contribution in [2.75, 3.05) is 29.6 Å². The maximum Gasteiger partial charge on any atom is 0.127 e. The average Bonchev–Trinajstić information content (AvgIpc) is 2.94. The number of nitrogens with zero attached hydrogens (tertiary/aromatic N) is 1. The molecule has 5 heteroatoms. The molecule has 0 saturated carbocycles. The Hall–Kier alpha value is -2.14. The molecular weight excluding hydrogens is 306 g/mol. The number of hydrogen-bond donors (Lipinski definition) is 2. The third-order valence-corrected chi connectivity index (χ3v) is 4.37. The molecule has 3 N–H and O–H groups in total. The summed E-state index contributed by atoms with van der Waals surface area (Å²) >= 11 is 1.83. The fourth-order valence-electron chi connectivity index (χ4n) is 2.60. The molecule has 1 aromatic carbocycles. The molecule has 4 nitrogen and oxygen atoms in total. The van der Waals surface area contributed by atoms with Crippen molar-refractivity contribution in [3.05, 3.63) is 53.5 Å². The average molecular weight is 327 g/mol. The van der Waals surface area contributed by atoms with Crippen molar-refractivity contribution in [3.8, 4) is 0 Å². The van der Waals surface area contributed by atoms with Gasteiger partial charge in [0, 0.05) is 35.4 Å². The quantitative estimate of drug-likeness (QED) is 0.668. The van der Waals surface area contributed by atoms with Gasteiger partial charge in [0.1, 0.15) is 17.3 Å². The van der Waals surface area contributed by atoms with Gasteiger partial charge < -0.3 is 15.5 Å². The number of nitrogens with one attached hydrogen (secondary N) is 1. The van der Waals surface area contributed by atoms with E-state index in [1.165, 1.54) is 0 Å². The van der Waals surface area contributed by atoms with Crippen LogP contribution >= 0.6 is 11.8 Å². The molecule has 0 fully saturated rings. The summed E-state index contributed by atoms with van der Waals surface area (Å²) < 4.78 is 5.66. The van der Waals surface area contributed by atoms with Gasteiger partial charge in [0.05, 0.1) is 5.52 Å². The van der Waals surface area contributed by atoms with Gasteiger partial charge in [-0.15, -0.1) is 0 Å². The number of nitrogen functional groups attached to an aromatic ring is 1. The fourth-order valence-corrected chi connectivity index (χ4v) is 2.91. The Balaban J connectivity index is 1.95. The van der Waals surface area contributed by atoms with Crippen molar-refractivity contribution >= 4 is 34.2 Å². The molecule has 0 aliphatic heterocycles. The molecule has 3 aromatic rings. The third kappa shape index (κ3) is 3.62. The summed E-state index contributed by atoms with van der Waals surface area (Å²) in [6.07, 6.45) is 2.76. The van der Waals surface area contributed by atoms with Gasteiger partial charge in [-0.1, -0.05) is 6.07 Å². The molecule has 3 rings (SSSR count). The van der Waals surface area contributed by atoms with E-state index in [0.29, 0.717) is 12.2 Å². The van der Waals surface area contributed by atoms with Crippen LogP contribution in [-0.4, -0.2) is 23.5 Å². The van der Waals surface area contributed by atoms with E-state index in [0.717, 1.165) is 46.0 Å². The first-order chi connectivity index (χ1) is 11.2. The van der Waals surface area contributed by atoms with Crippen molar-refractivity contribution in [2.45, 2.75) is 13.3 Å². The summed E-state index contributed by atoms with van der Waals surface area (Å²) in [6, 6.07) is 12.2. The summed E-state index contributed by atoms with van der Waals surface area (Å²) in [6.45, 7) is 2.87. The molecule has 0 spiro atoms. The van der Waals surface area contributed by atoms with E-state index in [2.05, 4.69) is 28.7 Å². The van der Waals surface area contributed by atoms with E-state index in [-0.39, 0.29) is 0 Å². The van der Waals surface area contributed by atoms with Crippen LogP contribution in [0.4, 0.5) is 11.5 Å². The lowest BCUT2D eigenvalue weighted by atomic mass is 10.1. The van der Waals surface area contributed by atoms with Gasteiger partial charge >= 0.3 is 0 Å². The second kappa shape index (κ2) is 6.96. The summed E-state index contributed by atoms with van der Waals surface area (Å²) in [7, 11) is 0. The van der Waals surface area contributed by atoms with Gasteiger partial charge in [-0.25, -0.2) is 4.98 Å². The van der Waals surface area contributed by atoms with E-state index in [1.807, 2.05) is 43.0 Å². The Morgan fingerprint density at radius 2 is 2.13 bits per heavy atom. The van der Waals surface area contributed by atoms with Gasteiger partial charge in [-0.05, 0) is 43.5 Å². The number of nitrogens with two attached hydrogens (primary N) is 1. The molecule has 2 aromatic heterocycles. The largest absolute Gasteiger partial charge is 0.466 e. The molecule has 0 saturated heterocycles. The van der Waals surface area contributed by atoms with E-state index < -0.39 is 0 Å². The molecule has 2 heterocycles. The SMILES string of the molecule is CSCCNc1cccc2nc(N)c(Cc3ccc(C)o3)cc12. The Bertz CT molecular complexity index is 813. The molecule has 23 heavy (non-hydrogen) atoms. The number of hydrogen-bond acceptors (Lipinski definition) is 5. The Morgan fingerprint density at radius 1 is 1.26 bits per heavy atom. The normalized spacial score (nSPS) is 11.0. The minimum Gasteiger partial charge on any atom is -0.466 e. The highest BCUT2D eigenvalue weighted by molar-refractivity contribution is 7.98. The first-order valence-corrected chi connectivity index (χ1v) is 9.03. The van der Waals surface area contributed by atoms with Crippen molar-refractivity contribution in [3.63, 3.8) is 0 Å². The zero-order valence-corrected chi connectivity index (χ0v) is 14.2. The highest BCUT2D eigenvalue weighted by Crippen LogP contribution is 2.27. The fraction of sp³-hybridized carbons (Fsp3) is 0.278. The van der Waals surface area contributed by atoms with Crippen LogP contribution in [-0.2, 0) is 6.42 Å². The number of benzene rings is 1. The van der Waals surface area contributed by atoms with Crippen LogP contribution in [0, 0.1) is 6.92 Å². The molecule has 0 unspecified atom stereocenters. The number of fused-ring (bicyclic) bond motifs is 1. The topological polar surface area (TPSA) is 64.1 Å². The van der Waals surface area contributed by atoms with E-state index in [4.69, 9.17) is 10.2 Å². The molecule has 0 amide bonds. The summed E-state index contributed by atoms with van der Waals surface area (Å²) in [5, 5.41) is 4.58. The third-order valence-electron chi connectivity index (χ3n) is 3.75. The number of aryl methyl sites for hydroxylation is 1. The van der Waals surface area contributed by atoms with Crippen LogP contribution in [0.15, 0.2) is 40.8 Å². The smallest absolute Gasteiger partial charge is 0.127 e. The van der Waals surface area contributed by atoms with Gasteiger partial charge in [-0.2, -0.15) is 11.8 Å². The maximum atomic E-state index is 6.14. The van der Waals surface area contributed by atoms with Crippen LogP contribution in [0.3, 0.4) is 0 Å². The number of thioether (sulfide) groups is 1. The first-order valence-electron chi connectivity index (χ1n) is 7.63. The molecule has 0 bridgehead atoms. The van der Waals surface area contributed by atoms with E-state index in [1.54, 1.807) is 0 Å². The number of pyridine rings is 1. The monoisotopic (exact) mass is 327 g/mol. The summed E-state index contributed by atoms with van der Waals surface area (Å²) in [5.41, 5.74) is 9.14. The second-order valence-electron chi connectivity index (χ2n) is 5.51. The number of rotatable bonds is 6. The number of furan rings is 1. The molecule has 0 radical (unpaired) electrons. The van der Waals surface area contributed by atoms with Crippen LogP contribution < -0.4 is 11.1 Å². The zero-order chi connectivity index (χ0) is 16.2. The van der Waals surface area contributed by atoms with Gasteiger partial charge in [0.2, 0.25) is 0 Å². The highest BCUT2D eigenvalue weighted by Gasteiger charge is 2.10. The van der Waals surface area contributed by atoms with Crippen LogP contribution in [0.2, 0.25) is 0 Å². The number of aromatic nitrogens is 1. The lowest BCUT2D eigenvalue weighted by Crippen LogP contribution is -2.05. The molecule has 120 valence electrons. The lowest BCUT2D eigenvalue weighted by Gasteiger charge is -2.11. The van der Waals surface area contributed by atoms with Crippen molar-refractivity contribution < 1.29 is 4.42 Å². The number of anilines is 2. The predicted molar refractivity (Wildman–Crippen MR) is 99.3 cm³/mol. The molecular formula is C18H21N3OS. The minimum absolute atomic E-state index is 0.563. The Morgan fingerprint density at radius 3 is 2.87 bits per heavy atom. The maximum absolute atomic E-state index is 6.14. The van der Waals surface area contributed by atoms with Crippen LogP contribution in [0.25, 0.3) is 10.9 Å². The Labute approximate surface area is 140 Å². The minimum atomic E-state index is 0.563. The van der Waals surface area contributed by atoms with Gasteiger partial charge in [-0.3, -0.25) is 0 Å². The van der Waals surface area contributed by atoms with Gasteiger partial charge in [0.25, 0.3) is 0 Å². The van der Waals surface area contributed by atoms with Crippen molar-refractivity contribution in [2.24, 2.45) is 0 Å². The highest BCUT2D eigenvalue weighted by atomic mass is 32.2. The molecule has 0 aliphatic carbocycles. The Kier molecular flexibility index (Phi) is 4.76. The van der Waals surface area contributed by atoms with E-state index in [9.17, 15) is 0 Å². The van der Waals surface area contributed by atoms with Gasteiger partial charge in [0.15, 0.2) is 0 Å².